The standard InChI is InChI=1S/C19H21ClN6O3/c1-10-4-5-13(20)8-15(10)23-16(27)9-29-17(28)7-6-14-11(2)22-19-24-18(21)25-26(19)12(14)3/h4-5,8H,6-7,9H2,1-3H3,(H2,21,25)(H,23,27). The zero-order valence-electron chi connectivity index (χ0n) is 16.3. The number of aryl methyl sites for hydroxylation is 3. The molecule has 2 heterocycles. The Bertz CT molecular complexity index is 1100. The third kappa shape index (κ3) is 4.80. The predicted octanol–water partition coefficient (Wildman–Crippen LogP) is 2.40. The summed E-state index contributed by atoms with van der Waals surface area (Å²) in [5, 5.41) is 7.28. The van der Waals surface area contributed by atoms with E-state index in [4.69, 9.17) is 22.1 Å². The quantitative estimate of drug-likeness (QED) is 0.591. The van der Waals surface area contributed by atoms with Crippen LogP contribution >= 0.6 is 11.6 Å². The van der Waals surface area contributed by atoms with E-state index < -0.39 is 11.9 Å². The Morgan fingerprint density at radius 3 is 2.76 bits per heavy atom. The second kappa shape index (κ2) is 8.44. The molecule has 3 rings (SSSR count). The molecule has 0 radical (unpaired) electrons. The van der Waals surface area contributed by atoms with Crippen molar-refractivity contribution in [3.63, 3.8) is 0 Å². The lowest BCUT2D eigenvalue weighted by Gasteiger charge is -2.11. The fourth-order valence-electron chi connectivity index (χ4n) is 2.95. The van der Waals surface area contributed by atoms with Gasteiger partial charge in [-0.25, -0.2) is 4.98 Å². The van der Waals surface area contributed by atoms with Gasteiger partial charge < -0.3 is 15.8 Å². The van der Waals surface area contributed by atoms with E-state index in [1.807, 2.05) is 20.8 Å². The number of nitrogens with zero attached hydrogens (tertiary/aromatic N) is 4. The number of carbonyl (C=O) groups is 2. The smallest absolute Gasteiger partial charge is 0.306 e. The molecule has 1 amide bonds. The molecule has 0 aliphatic heterocycles. The summed E-state index contributed by atoms with van der Waals surface area (Å²) in [4.78, 5) is 32.5. The number of ether oxygens (including phenoxy) is 1. The lowest BCUT2D eigenvalue weighted by Crippen LogP contribution is -2.21. The number of anilines is 2. The highest BCUT2D eigenvalue weighted by Crippen LogP contribution is 2.20. The highest BCUT2D eigenvalue weighted by atomic mass is 35.5. The van der Waals surface area contributed by atoms with Crippen molar-refractivity contribution in [3.8, 4) is 0 Å². The number of aromatic nitrogens is 4. The van der Waals surface area contributed by atoms with Gasteiger partial charge in [0.25, 0.3) is 11.7 Å². The Balaban J connectivity index is 1.55. The lowest BCUT2D eigenvalue weighted by molar-refractivity contribution is -0.147. The van der Waals surface area contributed by atoms with E-state index in [-0.39, 0.29) is 19.0 Å². The summed E-state index contributed by atoms with van der Waals surface area (Å²) in [5.74, 6) is -0.369. The summed E-state index contributed by atoms with van der Waals surface area (Å²) >= 11 is 5.93. The van der Waals surface area contributed by atoms with Crippen molar-refractivity contribution in [3.05, 3.63) is 45.7 Å². The Morgan fingerprint density at radius 1 is 1.24 bits per heavy atom. The molecule has 0 atom stereocenters. The van der Waals surface area contributed by atoms with Crippen LogP contribution in [0.15, 0.2) is 18.2 Å². The van der Waals surface area contributed by atoms with Gasteiger partial charge in [0.05, 0.1) is 0 Å². The number of hydrogen-bond acceptors (Lipinski definition) is 7. The second-order valence-corrected chi connectivity index (χ2v) is 7.05. The molecule has 0 unspecified atom stereocenters. The third-order valence-corrected chi connectivity index (χ3v) is 4.72. The number of hydrogen-bond donors (Lipinski definition) is 2. The molecule has 29 heavy (non-hydrogen) atoms. The Kier molecular flexibility index (Phi) is 5.97. The lowest BCUT2D eigenvalue weighted by atomic mass is 10.1. The third-order valence-electron chi connectivity index (χ3n) is 4.48. The molecular formula is C19H21ClN6O3. The Morgan fingerprint density at radius 2 is 2.00 bits per heavy atom. The zero-order valence-corrected chi connectivity index (χ0v) is 17.1. The van der Waals surface area contributed by atoms with Gasteiger partial charge in [0, 0.05) is 28.5 Å². The van der Waals surface area contributed by atoms with Crippen LogP contribution in [0, 0.1) is 20.8 Å². The summed E-state index contributed by atoms with van der Waals surface area (Å²) in [6.07, 6.45) is 0.497. The molecule has 1 aromatic carbocycles. The van der Waals surface area contributed by atoms with E-state index in [9.17, 15) is 9.59 Å². The van der Waals surface area contributed by atoms with Gasteiger partial charge in [-0.1, -0.05) is 17.7 Å². The number of rotatable bonds is 6. The van der Waals surface area contributed by atoms with Crippen LogP contribution < -0.4 is 11.1 Å². The first-order valence-electron chi connectivity index (χ1n) is 8.94. The Labute approximate surface area is 172 Å². The molecule has 3 aromatic rings. The highest BCUT2D eigenvalue weighted by molar-refractivity contribution is 6.31. The van der Waals surface area contributed by atoms with Crippen LogP contribution in [-0.4, -0.2) is 38.1 Å². The molecule has 0 fully saturated rings. The number of carbonyl (C=O) groups excluding carboxylic acids is 2. The minimum atomic E-state index is -0.486. The number of esters is 1. The van der Waals surface area contributed by atoms with Crippen LogP contribution in [0.5, 0.6) is 0 Å². The van der Waals surface area contributed by atoms with E-state index >= 15 is 0 Å². The molecule has 10 heteroatoms. The first-order chi connectivity index (χ1) is 13.7. The summed E-state index contributed by atoms with van der Waals surface area (Å²) < 4.78 is 6.63. The van der Waals surface area contributed by atoms with E-state index in [2.05, 4.69) is 20.4 Å². The first-order valence-corrected chi connectivity index (χ1v) is 9.32. The monoisotopic (exact) mass is 416 g/mol. The van der Waals surface area contributed by atoms with E-state index in [1.54, 1.807) is 22.7 Å². The minimum Gasteiger partial charge on any atom is -0.456 e. The molecule has 0 spiro atoms. The van der Waals surface area contributed by atoms with Crippen LogP contribution in [0.3, 0.4) is 0 Å². The molecule has 0 aliphatic rings. The van der Waals surface area contributed by atoms with Crippen LogP contribution in [0.4, 0.5) is 11.6 Å². The van der Waals surface area contributed by atoms with Gasteiger partial charge in [0.1, 0.15) is 0 Å². The van der Waals surface area contributed by atoms with Crippen LogP contribution in [0.1, 0.15) is 28.9 Å². The van der Waals surface area contributed by atoms with Gasteiger partial charge >= 0.3 is 5.97 Å². The molecule has 0 saturated carbocycles. The van der Waals surface area contributed by atoms with Crippen molar-refractivity contribution in [1.82, 2.24) is 19.6 Å². The SMILES string of the molecule is Cc1ccc(Cl)cc1NC(=O)COC(=O)CCc1c(C)nc2nc(N)nn2c1C. The summed E-state index contributed by atoms with van der Waals surface area (Å²) in [6.45, 7) is 5.16. The molecule has 3 N–H and O–H groups in total. The van der Waals surface area contributed by atoms with E-state index in [0.29, 0.717) is 22.9 Å². The molecule has 2 aromatic heterocycles. The number of nitrogens with two attached hydrogens (primary N) is 1. The second-order valence-electron chi connectivity index (χ2n) is 6.61. The average molecular weight is 417 g/mol. The van der Waals surface area contributed by atoms with Gasteiger partial charge in [0.2, 0.25) is 5.95 Å². The van der Waals surface area contributed by atoms with Gasteiger partial charge in [-0.05, 0) is 50.5 Å². The number of halogens is 1. The molecular weight excluding hydrogens is 396 g/mol. The van der Waals surface area contributed by atoms with E-state index in [0.717, 1.165) is 22.5 Å². The maximum absolute atomic E-state index is 12.1. The largest absolute Gasteiger partial charge is 0.456 e. The van der Waals surface area contributed by atoms with Crippen molar-refractivity contribution in [2.75, 3.05) is 17.7 Å². The fourth-order valence-corrected chi connectivity index (χ4v) is 3.12. The number of fused-ring (bicyclic) bond motifs is 1. The molecule has 0 saturated heterocycles. The van der Waals surface area contributed by atoms with Gasteiger partial charge in [-0.3, -0.25) is 9.59 Å². The van der Waals surface area contributed by atoms with Crippen molar-refractivity contribution < 1.29 is 14.3 Å². The van der Waals surface area contributed by atoms with Crippen molar-refractivity contribution in [1.29, 1.82) is 0 Å². The highest BCUT2D eigenvalue weighted by Gasteiger charge is 2.15. The van der Waals surface area contributed by atoms with Gasteiger partial charge in [-0.15, -0.1) is 5.10 Å². The normalized spacial score (nSPS) is 10.9. The maximum atomic E-state index is 12.1. The van der Waals surface area contributed by atoms with Crippen LogP contribution in [0.25, 0.3) is 5.78 Å². The predicted molar refractivity (Wildman–Crippen MR) is 109 cm³/mol. The molecule has 0 aliphatic carbocycles. The molecule has 0 bridgehead atoms. The first kappa shape index (κ1) is 20.5. The number of benzene rings is 1. The van der Waals surface area contributed by atoms with Gasteiger partial charge in [-0.2, -0.15) is 9.50 Å². The summed E-state index contributed by atoms with van der Waals surface area (Å²) in [5.41, 5.74) is 9.46. The van der Waals surface area contributed by atoms with E-state index in [1.165, 1.54) is 0 Å². The number of nitrogens with one attached hydrogen (secondary N) is 1. The topological polar surface area (TPSA) is 124 Å². The summed E-state index contributed by atoms with van der Waals surface area (Å²) in [6, 6.07) is 5.17. The maximum Gasteiger partial charge on any atom is 0.306 e. The average Bonchev–Trinajstić information content (AvgIpc) is 3.03. The van der Waals surface area contributed by atoms with Gasteiger partial charge in [0.15, 0.2) is 6.61 Å². The number of nitrogen functional groups attached to an aromatic ring is 1. The van der Waals surface area contributed by atoms with Crippen molar-refractivity contribution in [2.24, 2.45) is 0 Å². The Hall–Kier alpha value is -3.20. The van der Waals surface area contributed by atoms with Crippen LogP contribution in [0.2, 0.25) is 5.02 Å². The van der Waals surface area contributed by atoms with Crippen molar-refractivity contribution in [2.45, 2.75) is 33.6 Å². The minimum absolute atomic E-state index is 0.0997. The zero-order chi connectivity index (χ0) is 21.1. The number of amides is 1. The molecule has 9 nitrogen and oxygen atoms in total. The molecule has 152 valence electrons. The van der Waals surface area contributed by atoms with Crippen molar-refractivity contribution >= 4 is 40.9 Å². The summed E-state index contributed by atoms with van der Waals surface area (Å²) in [7, 11) is 0. The fraction of sp³-hybridized carbons (Fsp3) is 0.316. The van der Waals surface area contributed by atoms with Crippen LogP contribution in [-0.2, 0) is 20.7 Å².